The summed E-state index contributed by atoms with van der Waals surface area (Å²) in [4.78, 5) is 0. The van der Waals surface area contributed by atoms with Crippen LogP contribution in [0, 0.1) is 0 Å². The van der Waals surface area contributed by atoms with Crippen molar-refractivity contribution in [2.45, 2.75) is 13.0 Å². The fraction of sp³-hybridized carbons (Fsp3) is 0.167. The van der Waals surface area contributed by atoms with E-state index in [1.54, 1.807) is 0 Å². The Balaban J connectivity index is 1.66. The van der Waals surface area contributed by atoms with E-state index in [-0.39, 0.29) is 0 Å². The highest BCUT2D eigenvalue weighted by atomic mass is 15.5. The van der Waals surface area contributed by atoms with Crippen molar-refractivity contribution in [2.24, 2.45) is 0 Å². The Morgan fingerprint density at radius 3 is 2.17 bits per heavy atom. The Labute approximate surface area is 135 Å². The largest absolute Gasteiger partial charge is 0.309 e. The van der Waals surface area contributed by atoms with E-state index >= 15 is 0 Å². The molecular formula is C18H19N5. The van der Waals surface area contributed by atoms with Crippen LogP contribution < -0.4 is 5.32 Å². The zero-order valence-corrected chi connectivity index (χ0v) is 12.8. The van der Waals surface area contributed by atoms with Crippen molar-refractivity contribution < 1.29 is 0 Å². The van der Waals surface area contributed by atoms with Gasteiger partial charge in [0.05, 0.1) is 6.54 Å². The Morgan fingerprint density at radius 2 is 1.61 bits per heavy atom. The van der Waals surface area contributed by atoms with E-state index in [1.165, 1.54) is 16.7 Å². The Bertz CT molecular complexity index is 679. The van der Waals surface area contributed by atoms with Crippen LogP contribution in [0.25, 0.3) is 5.57 Å². The monoisotopic (exact) mass is 305 g/mol. The number of hydrogen-bond donors (Lipinski definition) is 2. The number of aromatic nitrogens is 4. The van der Waals surface area contributed by atoms with E-state index in [1.807, 2.05) is 12.1 Å². The van der Waals surface area contributed by atoms with Crippen molar-refractivity contribution in [3.63, 3.8) is 0 Å². The maximum absolute atomic E-state index is 3.92. The van der Waals surface area contributed by atoms with Crippen LogP contribution in [-0.2, 0) is 6.54 Å². The molecule has 0 aliphatic heterocycles. The highest BCUT2D eigenvalue weighted by Gasteiger charge is 2.03. The van der Waals surface area contributed by atoms with Crippen molar-refractivity contribution in [1.29, 1.82) is 0 Å². The maximum Gasteiger partial charge on any atom is 0.188 e. The molecule has 5 nitrogen and oxygen atoms in total. The van der Waals surface area contributed by atoms with Gasteiger partial charge in [-0.25, -0.2) is 0 Å². The number of rotatable bonds is 7. The van der Waals surface area contributed by atoms with Gasteiger partial charge in [0.2, 0.25) is 0 Å². The minimum atomic E-state index is 0.621. The number of benzene rings is 2. The number of tetrazole rings is 1. The lowest BCUT2D eigenvalue weighted by Crippen LogP contribution is -2.15. The number of nitrogens with one attached hydrogen (secondary N) is 2. The van der Waals surface area contributed by atoms with Crippen LogP contribution in [0.1, 0.15) is 23.4 Å². The molecule has 0 saturated heterocycles. The summed E-state index contributed by atoms with van der Waals surface area (Å²) in [7, 11) is 0. The molecule has 1 aromatic heterocycles. The average molecular weight is 305 g/mol. The van der Waals surface area contributed by atoms with Crippen LogP contribution >= 0.6 is 0 Å². The molecule has 3 rings (SSSR count). The van der Waals surface area contributed by atoms with E-state index in [0.717, 1.165) is 13.0 Å². The summed E-state index contributed by atoms with van der Waals surface area (Å²) in [6.07, 6.45) is 3.20. The van der Waals surface area contributed by atoms with Gasteiger partial charge in [-0.15, -0.1) is 10.2 Å². The highest BCUT2D eigenvalue weighted by Crippen LogP contribution is 2.23. The maximum atomic E-state index is 3.92. The van der Waals surface area contributed by atoms with Gasteiger partial charge in [-0.3, -0.25) is 0 Å². The van der Waals surface area contributed by atoms with Crippen LogP contribution in [0.3, 0.4) is 0 Å². The Hall–Kier alpha value is -2.79. The quantitative estimate of drug-likeness (QED) is 0.659. The summed E-state index contributed by atoms with van der Waals surface area (Å²) < 4.78 is 0. The van der Waals surface area contributed by atoms with Gasteiger partial charge in [0.15, 0.2) is 5.82 Å². The molecular weight excluding hydrogens is 286 g/mol. The van der Waals surface area contributed by atoms with Crippen molar-refractivity contribution in [3.05, 3.63) is 83.7 Å². The summed E-state index contributed by atoms with van der Waals surface area (Å²) in [5.74, 6) is 0.681. The third kappa shape index (κ3) is 4.34. The van der Waals surface area contributed by atoms with E-state index in [4.69, 9.17) is 0 Å². The van der Waals surface area contributed by atoms with Crippen molar-refractivity contribution in [2.75, 3.05) is 6.54 Å². The zero-order chi connectivity index (χ0) is 15.7. The van der Waals surface area contributed by atoms with Gasteiger partial charge < -0.3 is 5.32 Å². The molecule has 5 heteroatoms. The first-order valence-corrected chi connectivity index (χ1v) is 7.67. The minimum absolute atomic E-state index is 0.621. The third-order valence-corrected chi connectivity index (χ3v) is 3.51. The molecule has 0 spiro atoms. The summed E-state index contributed by atoms with van der Waals surface area (Å²) in [6.45, 7) is 1.48. The van der Waals surface area contributed by atoms with Crippen LogP contribution in [0.15, 0.2) is 66.7 Å². The molecule has 0 amide bonds. The third-order valence-electron chi connectivity index (χ3n) is 3.51. The van der Waals surface area contributed by atoms with Gasteiger partial charge in [-0.1, -0.05) is 72.0 Å². The standard InChI is InChI=1S/C18H19N5/c1-3-8-15(9-4-1)17(16-10-5-2-6-11-16)12-7-13-19-14-18-20-22-23-21-18/h1-6,8-12,19H,7,13-14H2,(H,20,21,22,23). The van der Waals surface area contributed by atoms with Crippen LogP contribution in [0.2, 0.25) is 0 Å². The molecule has 0 aliphatic carbocycles. The number of hydrogen-bond acceptors (Lipinski definition) is 4. The van der Waals surface area contributed by atoms with Gasteiger partial charge in [0.25, 0.3) is 0 Å². The first-order valence-electron chi connectivity index (χ1n) is 7.67. The van der Waals surface area contributed by atoms with Gasteiger partial charge >= 0.3 is 0 Å². The summed E-state index contributed by atoms with van der Waals surface area (Å²) in [6, 6.07) is 20.9. The average Bonchev–Trinajstić information content (AvgIpc) is 3.13. The second-order valence-electron chi connectivity index (χ2n) is 5.14. The SMILES string of the molecule is C(CCNCc1nn[nH]n1)=C(c1ccccc1)c1ccccc1. The molecule has 0 atom stereocenters. The molecule has 0 radical (unpaired) electrons. The van der Waals surface area contributed by atoms with Gasteiger partial charge in [0, 0.05) is 0 Å². The first kappa shape index (κ1) is 15.1. The molecule has 116 valence electrons. The molecule has 0 bridgehead atoms. The normalized spacial score (nSPS) is 10.4. The highest BCUT2D eigenvalue weighted by molar-refractivity contribution is 5.79. The lowest BCUT2D eigenvalue weighted by atomic mass is 9.97. The van der Waals surface area contributed by atoms with E-state index in [9.17, 15) is 0 Å². The lowest BCUT2D eigenvalue weighted by Gasteiger charge is -2.09. The predicted octanol–water partition coefficient (Wildman–Crippen LogP) is 2.81. The predicted molar refractivity (Wildman–Crippen MR) is 90.5 cm³/mol. The van der Waals surface area contributed by atoms with Gasteiger partial charge in [-0.2, -0.15) is 5.21 Å². The Kier molecular flexibility index (Phi) is 5.26. The number of nitrogens with zero attached hydrogens (tertiary/aromatic N) is 3. The second-order valence-corrected chi connectivity index (χ2v) is 5.14. The molecule has 0 fully saturated rings. The number of H-pyrrole nitrogens is 1. The molecule has 1 heterocycles. The van der Waals surface area contributed by atoms with E-state index in [0.29, 0.717) is 12.4 Å². The van der Waals surface area contributed by atoms with Crippen LogP contribution in [-0.4, -0.2) is 27.2 Å². The van der Waals surface area contributed by atoms with Gasteiger partial charge in [-0.05, 0) is 29.7 Å². The fourth-order valence-electron chi connectivity index (χ4n) is 2.41. The summed E-state index contributed by atoms with van der Waals surface area (Å²) in [5.41, 5.74) is 3.72. The Morgan fingerprint density at radius 1 is 0.957 bits per heavy atom. The molecule has 2 aromatic carbocycles. The van der Waals surface area contributed by atoms with Crippen molar-refractivity contribution >= 4 is 5.57 Å². The van der Waals surface area contributed by atoms with E-state index < -0.39 is 0 Å². The topological polar surface area (TPSA) is 66.5 Å². The molecule has 0 unspecified atom stereocenters. The van der Waals surface area contributed by atoms with E-state index in [2.05, 4.69) is 80.5 Å². The van der Waals surface area contributed by atoms with Crippen LogP contribution in [0.5, 0.6) is 0 Å². The van der Waals surface area contributed by atoms with Crippen molar-refractivity contribution in [1.82, 2.24) is 25.9 Å². The number of aromatic amines is 1. The molecule has 0 saturated carbocycles. The fourth-order valence-corrected chi connectivity index (χ4v) is 2.41. The molecule has 3 aromatic rings. The lowest BCUT2D eigenvalue weighted by molar-refractivity contribution is 0.667. The van der Waals surface area contributed by atoms with Crippen LogP contribution in [0.4, 0.5) is 0 Å². The minimum Gasteiger partial charge on any atom is -0.309 e. The molecule has 0 aliphatic rings. The molecule has 2 N–H and O–H groups in total. The molecule has 23 heavy (non-hydrogen) atoms. The summed E-state index contributed by atoms with van der Waals surface area (Å²) in [5, 5.41) is 17.1. The summed E-state index contributed by atoms with van der Waals surface area (Å²) >= 11 is 0. The van der Waals surface area contributed by atoms with Crippen molar-refractivity contribution in [3.8, 4) is 0 Å². The smallest absolute Gasteiger partial charge is 0.188 e. The zero-order valence-electron chi connectivity index (χ0n) is 12.8. The first-order chi connectivity index (χ1) is 11.4. The van der Waals surface area contributed by atoms with Gasteiger partial charge in [0.1, 0.15) is 0 Å². The second kappa shape index (κ2) is 8.00.